The number of primary amides is 1. The molecular weight excluding hydrogens is 546 g/mol. The predicted octanol–water partition coefficient (Wildman–Crippen LogP) is 3.74. The lowest BCUT2D eigenvalue weighted by molar-refractivity contribution is -0.114. The van der Waals surface area contributed by atoms with Crippen LogP contribution in [0.1, 0.15) is 46.6 Å². The second-order valence-electron chi connectivity index (χ2n) is 10.2. The quantitative estimate of drug-likeness (QED) is 0.173. The highest BCUT2D eigenvalue weighted by Gasteiger charge is 2.29. The minimum absolute atomic E-state index is 0.0500. The maximum Gasteiger partial charge on any atom is 0.405 e. The van der Waals surface area contributed by atoms with Gasteiger partial charge in [0, 0.05) is 44.3 Å². The van der Waals surface area contributed by atoms with Crippen LogP contribution in [0.5, 0.6) is 11.5 Å². The van der Waals surface area contributed by atoms with Gasteiger partial charge >= 0.3 is 6.09 Å². The maximum absolute atomic E-state index is 13.0. The van der Waals surface area contributed by atoms with Gasteiger partial charge in [-0.25, -0.2) is 4.79 Å². The highest BCUT2D eigenvalue weighted by atomic mass is 16.6. The zero-order valence-electron chi connectivity index (χ0n) is 24.9. The van der Waals surface area contributed by atoms with E-state index in [1.165, 1.54) is 46.3 Å². The number of nitrogens with two attached hydrogens (primary N) is 1. The predicted molar refractivity (Wildman–Crippen MR) is 159 cm³/mol. The van der Waals surface area contributed by atoms with Gasteiger partial charge in [-0.3, -0.25) is 9.59 Å². The van der Waals surface area contributed by atoms with Gasteiger partial charge in [-0.15, -0.1) is 0 Å². The first kappa shape index (κ1) is 34.1. The van der Waals surface area contributed by atoms with Crippen molar-refractivity contribution in [3.63, 3.8) is 0 Å². The lowest BCUT2D eigenvalue weighted by Crippen LogP contribution is -2.36. The van der Waals surface area contributed by atoms with Crippen molar-refractivity contribution in [2.45, 2.75) is 65.5 Å². The first-order chi connectivity index (χ1) is 19.7. The van der Waals surface area contributed by atoms with Crippen LogP contribution >= 0.6 is 0 Å². The summed E-state index contributed by atoms with van der Waals surface area (Å²) >= 11 is 0. The van der Waals surface area contributed by atoms with Crippen LogP contribution in [-0.2, 0) is 23.8 Å². The van der Waals surface area contributed by atoms with Crippen LogP contribution in [0.4, 0.5) is 16.2 Å². The molecule has 42 heavy (non-hydrogen) atoms. The fourth-order valence-electron chi connectivity index (χ4n) is 4.59. The Morgan fingerprint density at radius 1 is 1.14 bits per heavy atom. The number of benzene rings is 1. The molecular formula is C30H41N3O9. The van der Waals surface area contributed by atoms with E-state index < -0.39 is 54.0 Å². The van der Waals surface area contributed by atoms with E-state index in [2.05, 4.69) is 10.6 Å². The van der Waals surface area contributed by atoms with Crippen molar-refractivity contribution in [2.24, 2.45) is 11.7 Å². The number of aromatic hydroxyl groups is 2. The van der Waals surface area contributed by atoms with Crippen molar-refractivity contribution in [1.29, 1.82) is 0 Å². The molecule has 1 aromatic rings. The molecule has 12 nitrogen and oxygen atoms in total. The van der Waals surface area contributed by atoms with Gasteiger partial charge in [-0.05, 0) is 38.8 Å². The Morgan fingerprint density at radius 3 is 2.38 bits per heavy atom. The number of amides is 3. The van der Waals surface area contributed by atoms with Gasteiger partial charge in [-0.1, -0.05) is 36.8 Å². The summed E-state index contributed by atoms with van der Waals surface area (Å²) in [5.41, 5.74) is 6.65. The number of ether oxygens (including phenoxy) is 3. The normalized spacial score (nSPS) is 24.1. The zero-order chi connectivity index (χ0) is 31.7. The van der Waals surface area contributed by atoms with Crippen molar-refractivity contribution in [1.82, 2.24) is 0 Å². The van der Waals surface area contributed by atoms with Gasteiger partial charge in [0.05, 0.1) is 23.6 Å². The molecule has 0 saturated carbocycles. The number of aliphatic hydroxyl groups is 1. The molecule has 7 N–H and O–H groups in total. The number of anilines is 2. The molecule has 2 rings (SSSR count). The summed E-state index contributed by atoms with van der Waals surface area (Å²) in [4.78, 5) is 36.5. The number of methoxy groups -OCH3 is 2. The van der Waals surface area contributed by atoms with E-state index >= 15 is 0 Å². The topological polar surface area (TPSA) is 190 Å². The molecule has 5 unspecified atom stereocenters. The van der Waals surface area contributed by atoms with Gasteiger partial charge in [0.15, 0.2) is 6.10 Å². The van der Waals surface area contributed by atoms with Gasteiger partial charge in [-0.2, -0.15) is 0 Å². The molecule has 1 aromatic carbocycles. The molecule has 0 spiro atoms. The Labute approximate surface area is 245 Å². The number of hydrogen-bond acceptors (Lipinski definition) is 9. The van der Waals surface area contributed by atoms with Crippen molar-refractivity contribution < 1.29 is 43.9 Å². The molecule has 12 heteroatoms. The average molecular weight is 588 g/mol. The third kappa shape index (κ3) is 8.93. The minimum Gasteiger partial charge on any atom is -0.506 e. The summed E-state index contributed by atoms with van der Waals surface area (Å²) in [5.74, 6) is -2.33. The van der Waals surface area contributed by atoms with E-state index in [9.17, 15) is 29.7 Å². The average Bonchev–Trinajstić information content (AvgIpc) is 2.91. The van der Waals surface area contributed by atoms with E-state index in [-0.39, 0.29) is 34.7 Å². The minimum atomic E-state index is -1.02. The number of phenolic OH excluding ortho intramolecular Hbond substituents is 2. The Bertz CT molecular complexity index is 1300. The second kappa shape index (κ2) is 15.2. The number of aliphatic hydroxyl groups excluding tert-OH is 1. The number of carbonyl (C=O) groups excluding carboxylic acids is 3. The van der Waals surface area contributed by atoms with Crippen LogP contribution < -0.4 is 16.4 Å². The first-order valence-electron chi connectivity index (χ1n) is 13.3. The van der Waals surface area contributed by atoms with Crippen molar-refractivity contribution in [3.8, 4) is 11.5 Å². The highest BCUT2D eigenvalue weighted by molar-refractivity contribution is 6.06. The molecule has 0 aliphatic carbocycles. The van der Waals surface area contributed by atoms with Crippen LogP contribution in [0.2, 0.25) is 0 Å². The largest absolute Gasteiger partial charge is 0.506 e. The Kier molecular flexibility index (Phi) is 12.3. The Hall–Kier alpha value is -4.13. The second-order valence-corrected chi connectivity index (χ2v) is 10.2. The van der Waals surface area contributed by atoms with E-state index in [1.54, 1.807) is 32.9 Å². The summed E-state index contributed by atoms with van der Waals surface area (Å²) in [5, 5.41) is 38.1. The van der Waals surface area contributed by atoms with E-state index in [0.29, 0.717) is 11.1 Å². The lowest BCUT2D eigenvalue weighted by Gasteiger charge is -2.28. The molecule has 0 fully saturated rings. The zero-order valence-corrected chi connectivity index (χ0v) is 24.9. The van der Waals surface area contributed by atoms with Crippen molar-refractivity contribution in [2.75, 3.05) is 24.9 Å². The van der Waals surface area contributed by atoms with Crippen LogP contribution in [0, 0.1) is 5.92 Å². The van der Waals surface area contributed by atoms with Crippen molar-refractivity contribution >= 4 is 35.4 Å². The summed E-state index contributed by atoms with van der Waals surface area (Å²) in [7, 11) is 2.87. The Balaban J connectivity index is 2.76. The van der Waals surface area contributed by atoms with Crippen molar-refractivity contribution in [3.05, 3.63) is 52.7 Å². The molecule has 1 aliphatic rings. The van der Waals surface area contributed by atoms with Crippen LogP contribution in [-0.4, -0.2) is 71.9 Å². The highest BCUT2D eigenvalue weighted by Crippen LogP contribution is 2.42. The smallest absolute Gasteiger partial charge is 0.405 e. The molecule has 230 valence electrons. The van der Waals surface area contributed by atoms with E-state index in [0.717, 1.165) is 6.07 Å². The third-order valence-corrected chi connectivity index (χ3v) is 6.80. The van der Waals surface area contributed by atoms with Gasteiger partial charge in [0.25, 0.3) is 5.91 Å². The number of nitrogens with one attached hydrogen (secondary N) is 2. The van der Waals surface area contributed by atoms with Crippen LogP contribution in [0.3, 0.4) is 0 Å². The molecule has 1 aliphatic heterocycles. The number of rotatable bonds is 4. The standard InChI is InChI=1S/C30H41N3O9/c1-15-11-20-25(32-19(5)34)22(35)14-21(27(20)37)33-29(38)16(2)9-8-10-23(40-6)28(42-30(31)39)18(4)13-17(3)26(36)24(12-15)41-7/h8-11,13-14,17,23-24,26,28,35-37H,12H2,1-7H3,(H2,31,39)(H,32,34)(H,33,38). The number of allylic oxidation sites excluding steroid dienone is 2. The number of phenols is 2. The summed E-state index contributed by atoms with van der Waals surface area (Å²) < 4.78 is 16.5. The summed E-state index contributed by atoms with van der Waals surface area (Å²) in [6.45, 7) is 8.00. The number of fused-ring (bicyclic) bond motifs is 2. The summed E-state index contributed by atoms with van der Waals surface area (Å²) in [6.07, 6.45) is 3.58. The molecule has 2 bridgehead atoms. The summed E-state index contributed by atoms with van der Waals surface area (Å²) in [6, 6.07) is 1.13. The molecule has 0 radical (unpaired) electrons. The van der Waals surface area contributed by atoms with Crippen LogP contribution in [0.15, 0.2) is 47.1 Å². The van der Waals surface area contributed by atoms with Gasteiger partial charge < -0.3 is 45.9 Å². The van der Waals surface area contributed by atoms with E-state index in [4.69, 9.17) is 19.9 Å². The molecule has 3 amide bonds. The fourth-order valence-corrected chi connectivity index (χ4v) is 4.59. The van der Waals surface area contributed by atoms with Crippen LogP contribution in [0.25, 0.3) is 6.08 Å². The van der Waals surface area contributed by atoms with Gasteiger partial charge in [0.1, 0.15) is 17.6 Å². The molecule has 1 heterocycles. The maximum atomic E-state index is 13.0. The molecule has 0 aromatic heterocycles. The van der Waals surface area contributed by atoms with Gasteiger partial charge in [0.2, 0.25) is 5.91 Å². The SMILES string of the molecule is COC1C=CC=C(C)C(=O)Nc2cc(O)c(NC(C)=O)c(c2O)C=C(C)CC(OC)C(O)C(C)C=C(C)C1OC(N)=O. The number of hydrogen-bond donors (Lipinski definition) is 6. The number of carbonyl (C=O) groups is 3. The lowest BCUT2D eigenvalue weighted by atomic mass is 9.91. The third-order valence-electron chi connectivity index (χ3n) is 6.80. The first-order valence-corrected chi connectivity index (χ1v) is 13.3. The molecule has 0 saturated heterocycles. The monoisotopic (exact) mass is 587 g/mol. The fraction of sp³-hybridized carbons (Fsp3) is 0.433. The van der Waals surface area contributed by atoms with E-state index in [1.807, 2.05) is 0 Å². The Morgan fingerprint density at radius 2 is 1.81 bits per heavy atom. The molecule has 5 atom stereocenters.